The second-order valence-electron chi connectivity index (χ2n) is 3.46. The van der Waals surface area contributed by atoms with E-state index in [1.54, 1.807) is 14.2 Å². The van der Waals surface area contributed by atoms with Crippen LogP contribution in [0.5, 0.6) is 11.5 Å². The molecular weight excluding hydrogens is 258 g/mol. The highest BCUT2D eigenvalue weighted by Crippen LogP contribution is 2.40. The summed E-state index contributed by atoms with van der Waals surface area (Å²) in [5, 5.41) is 3.32. The maximum atomic E-state index is 5.28. The third-order valence-corrected chi connectivity index (χ3v) is 2.72. The van der Waals surface area contributed by atoms with Crippen LogP contribution in [-0.2, 0) is 0 Å². The Morgan fingerprint density at radius 2 is 1.87 bits per heavy atom. The molecule has 4 heteroatoms. The summed E-state index contributed by atoms with van der Waals surface area (Å²) in [6, 6.07) is 4.22. The molecule has 3 nitrogen and oxygen atoms in total. The number of rotatable bonds is 4. The van der Waals surface area contributed by atoms with Crippen LogP contribution in [0.15, 0.2) is 16.6 Å². The first kappa shape index (κ1) is 12.2. The van der Waals surface area contributed by atoms with Crippen molar-refractivity contribution in [2.45, 2.75) is 19.9 Å². The molecule has 0 radical (unpaired) electrons. The van der Waals surface area contributed by atoms with Crippen molar-refractivity contribution in [2.75, 3.05) is 19.5 Å². The number of ether oxygens (including phenoxy) is 2. The number of benzene rings is 1. The number of hydrogen-bond donors (Lipinski definition) is 1. The smallest absolute Gasteiger partial charge is 0.177 e. The van der Waals surface area contributed by atoms with Gasteiger partial charge in [0, 0.05) is 6.04 Å². The minimum absolute atomic E-state index is 0.374. The molecule has 0 fully saturated rings. The zero-order chi connectivity index (χ0) is 11.4. The summed E-state index contributed by atoms with van der Waals surface area (Å²) in [6.07, 6.45) is 0. The second kappa shape index (κ2) is 5.26. The summed E-state index contributed by atoms with van der Waals surface area (Å²) in [7, 11) is 3.25. The maximum absolute atomic E-state index is 5.28. The SMILES string of the molecule is COc1ccc(NC(C)C)c(Br)c1OC. The fourth-order valence-electron chi connectivity index (χ4n) is 1.31. The van der Waals surface area contributed by atoms with Crippen LogP contribution in [0.25, 0.3) is 0 Å². The Hall–Kier alpha value is -0.900. The van der Waals surface area contributed by atoms with Gasteiger partial charge in [0.15, 0.2) is 11.5 Å². The van der Waals surface area contributed by atoms with Crippen LogP contribution in [0.1, 0.15) is 13.8 Å². The Morgan fingerprint density at radius 3 is 2.33 bits per heavy atom. The van der Waals surface area contributed by atoms with Gasteiger partial charge in [0.1, 0.15) is 0 Å². The number of halogens is 1. The monoisotopic (exact) mass is 273 g/mol. The van der Waals surface area contributed by atoms with Crippen molar-refractivity contribution in [3.63, 3.8) is 0 Å². The minimum atomic E-state index is 0.374. The van der Waals surface area contributed by atoms with E-state index in [1.165, 1.54) is 0 Å². The molecule has 0 atom stereocenters. The molecule has 15 heavy (non-hydrogen) atoms. The molecule has 1 aromatic carbocycles. The second-order valence-corrected chi connectivity index (χ2v) is 4.25. The van der Waals surface area contributed by atoms with Crippen molar-refractivity contribution in [1.82, 2.24) is 0 Å². The highest BCUT2D eigenvalue weighted by molar-refractivity contribution is 9.10. The van der Waals surface area contributed by atoms with Gasteiger partial charge in [-0.25, -0.2) is 0 Å². The first-order chi connectivity index (χ1) is 7.10. The fourth-order valence-corrected chi connectivity index (χ4v) is 1.92. The maximum Gasteiger partial charge on any atom is 0.177 e. The van der Waals surface area contributed by atoms with E-state index in [1.807, 2.05) is 12.1 Å². The quantitative estimate of drug-likeness (QED) is 0.913. The van der Waals surface area contributed by atoms with Gasteiger partial charge in [0.2, 0.25) is 0 Å². The summed E-state index contributed by atoms with van der Waals surface area (Å²) in [6.45, 7) is 4.17. The standard InChI is InChI=1S/C11H16BrNO2/c1-7(2)13-8-5-6-9(14-3)11(15-4)10(8)12/h5-7,13H,1-4H3. The lowest BCUT2D eigenvalue weighted by Gasteiger charge is -2.16. The largest absolute Gasteiger partial charge is 0.493 e. The van der Waals surface area contributed by atoms with Crippen molar-refractivity contribution >= 4 is 21.6 Å². The Balaban J connectivity index is 3.11. The van der Waals surface area contributed by atoms with Gasteiger partial charge in [-0.3, -0.25) is 0 Å². The predicted octanol–water partition coefficient (Wildman–Crippen LogP) is 3.29. The van der Waals surface area contributed by atoms with Crippen molar-refractivity contribution < 1.29 is 9.47 Å². The molecule has 1 rings (SSSR count). The molecule has 0 saturated carbocycles. The zero-order valence-corrected chi connectivity index (χ0v) is 11.0. The summed E-state index contributed by atoms with van der Waals surface area (Å²) in [5.74, 6) is 1.43. The number of anilines is 1. The van der Waals surface area contributed by atoms with Crippen LogP contribution in [0.2, 0.25) is 0 Å². The normalized spacial score (nSPS) is 10.3. The van der Waals surface area contributed by atoms with Crippen molar-refractivity contribution in [1.29, 1.82) is 0 Å². The summed E-state index contributed by atoms with van der Waals surface area (Å²) in [5.41, 5.74) is 1.00. The van der Waals surface area contributed by atoms with Gasteiger partial charge < -0.3 is 14.8 Å². The lowest BCUT2D eigenvalue weighted by Crippen LogP contribution is -2.10. The Bertz CT molecular complexity index is 340. The molecule has 0 aromatic heterocycles. The van der Waals surface area contributed by atoms with E-state index in [0.29, 0.717) is 11.8 Å². The molecule has 0 unspecified atom stereocenters. The summed E-state index contributed by atoms with van der Waals surface area (Å²) >= 11 is 3.49. The first-order valence-electron chi connectivity index (χ1n) is 4.77. The third kappa shape index (κ3) is 2.78. The number of hydrogen-bond acceptors (Lipinski definition) is 3. The minimum Gasteiger partial charge on any atom is -0.493 e. The lowest BCUT2D eigenvalue weighted by atomic mass is 10.2. The summed E-state index contributed by atoms with van der Waals surface area (Å²) in [4.78, 5) is 0. The van der Waals surface area contributed by atoms with E-state index in [-0.39, 0.29) is 0 Å². The molecule has 0 bridgehead atoms. The first-order valence-corrected chi connectivity index (χ1v) is 5.56. The van der Waals surface area contributed by atoms with E-state index >= 15 is 0 Å². The summed E-state index contributed by atoms with van der Waals surface area (Å²) < 4.78 is 11.4. The van der Waals surface area contributed by atoms with Crippen LogP contribution in [0, 0.1) is 0 Å². The van der Waals surface area contributed by atoms with Crippen molar-refractivity contribution in [3.8, 4) is 11.5 Å². The molecular formula is C11H16BrNO2. The molecule has 0 amide bonds. The highest BCUT2D eigenvalue weighted by Gasteiger charge is 2.12. The van der Waals surface area contributed by atoms with Crippen LogP contribution < -0.4 is 14.8 Å². The van der Waals surface area contributed by atoms with Crippen LogP contribution in [0.4, 0.5) is 5.69 Å². The van der Waals surface area contributed by atoms with Gasteiger partial charge in [0.05, 0.1) is 24.4 Å². The van der Waals surface area contributed by atoms with Gasteiger partial charge in [-0.05, 0) is 41.9 Å². The zero-order valence-electron chi connectivity index (χ0n) is 9.43. The molecule has 1 N–H and O–H groups in total. The molecule has 0 aliphatic rings. The topological polar surface area (TPSA) is 30.5 Å². The Labute approximate surface area is 98.9 Å². The van der Waals surface area contributed by atoms with Gasteiger partial charge in [-0.1, -0.05) is 0 Å². The van der Waals surface area contributed by atoms with Crippen LogP contribution in [-0.4, -0.2) is 20.3 Å². The Kier molecular flexibility index (Phi) is 4.27. The van der Waals surface area contributed by atoms with E-state index < -0.39 is 0 Å². The van der Waals surface area contributed by atoms with Gasteiger partial charge in [0.25, 0.3) is 0 Å². The lowest BCUT2D eigenvalue weighted by molar-refractivity contribution is 0.353. The molecule has 0 heterocycles. The van der Waals surface area contributed by atoms with E-state index in [4.69, 9.17) is 9.47 Å². The fraction of sp³-hybridized carbons (Fsp3) is 0.455. The molecule has 84 valence electrons. The van der Waals surface area contributed by atoms with Gasteiger partial charge >= 0.3 is 0 Å². The molecule has 0 aliphatic carbocycles. The van der Waals surface area contributed by atoms with E-state index in [0.717, 1.165) is 15.9 Å². The van der Waals surface area contributed by atoms with Crippen LogP contribution in [0.3, 0.4) is 0 Å². The highest BCUT2D eigenvalue weighted by atomic mass is 79.9. The molecule has 0 saturated heterocycles. The van der Waals surface area contributed by atoms with Gasteiger partial charge in [-0.15, -0.1) is 0 Å². The Morgan fingerprint density at radius 1 is 1.20 bits per heavy atom. The average Bonchev–Trinajstić information content (AvgIpc) is 2.20. The third-order valence-electron chi connectivity index (χ3n) is 1.93. The molecule has 0 spiro atoms. The van der Waals surface area contributed by atoms with Crippen LogP contribution >= 0.6 is 15.9 Å². The van der Waals surface area contributed by atoms with Gasteiger partial charge in [-0.2, -0.15) is 0 Å². The predicted molar refractivity (Wildman–Crippen MR) is 66.0 cm³/mol. The number of methoxy groups -OCH3 is 2. The number of nitrogens with one attached hydrogen (secondary N) is 1. The van der Waals surface area contributed by atoms with E-state index in [9.17, 15) is 0 Å². The van der Waals surface area contributed by atoms with Crippen molar-refractivity contribution in [3.05, 3.63) is 16.6 Å². The molecule has 1 aromatic rings. The van der Waals surface area contributed by atoms with E-state index in [2.05, 4.69) is 35.1 Å². The average molecular weight is 274 g/mol. The van der Waals surface area contributed by atoms with Crippen molar-refractivity contribution in [2.24, 2.45) is 0 Å². The molecule has 0 aliphatic heterocycles.